The predicted octanol–water partition coefficient (Wildman–Crippen LogP) is 3.81. The number of anilines is 1. The Labute approximate surface area is 152 Å². The number of hydrogen-bond donors (Lipinski definition) is 2. The highest BCUT2D eigenvalue weighted by Crippen LogP contribution is 2.41. The number of aryl methyl sites for hydroxylation is 1. The van der Waals surface area contributed by atoms with Gasteiger partial charge in [-0.15, -0.1) is 0 Å². The molecule has 1 amide bonds. The van der Waals surface area contributed by atoms with E-state index in [0.717, 1.165) is 29.0 Å². The van der Waals surface area contributed by atoms with E-state index in [-0.39, 0.29) is 11.8 Å². The van der Waals surface area contributed by atoms with E-state index in [1.807, 2.05) is 49.4 Å². The molecule has 1 unspecified atom stereocenters. The van der Waals surface area contributed by atoms with E-state index in [1.54, 1.807) is 0 Å². The van der Waals surface area contributed by atoms with Gasteiger partial charge in [-0.05, 0) is 18.6 Å². The van der Waals surface area contributed by atoms with Gasteiger partial charge in [-0.3, -0.25) is 9.89 Å². The number of nitrogens with one attached hydrogen (secondary N) is 2. The average Bonchev–Trinajstić information content (AvgIpc) is 3.03. The van der Waals surface area contributed by atoms with Gasteiger partial charge < -0.3 is 10.1 Å². The Kier molecular flexibility index (Phi) is 4.44. The third-order valence-corrected chi connectivity index (χ3v) is 4.78. The van der Waals surface area contributed by atoms with Crippen LogP contribution in [0.5, 0.6) is 5.75 Å². The van der Waals surface area contributed by atoms with Crippen LogP contribution in [0.4, 0.5) is 5.82 Å². The first-order valence-electron chi connectivity index (χ1n) is 8.82. The maximum atomic E-state index is 12.1. The van der Waals surface area contributed by atoms with Crippen LogP contribution in [0.15, 0.2) is 54.6 Å². The predicted molar refractivity (Wildman–Crippen MR) is 100 cm³/mol. The molecule has 0 bridgehead atoms. The number of fused-ring (bicyclic) bond motifs is 1. The van der Waals surface area contributed by atoms with Crippen LogP contribution in [0.2, 0.25) is 0 Å². The van der Waals surface area contributed by atoms with E-state index >= 15 is 0 Å². The van der Waals surface area contributed by atoms with Gasteiger partial charge in [0, 0.05) is 35.6 Å². The quantitative estimate of drug-likeness (QED) is 0.737. The van der Waals surface area contributed by atoms with Crippen molar-refractivity contribution < 1.29 is 9.53 Å². The van der Waals surface area contributed by atoms with Gasteiger partial charge in [0.1, 0.15) is 5.75 Å². The number of aromatic nitrogens is 2. The van der Waals surface area contributed by atoms with Gasteiger partial charge in [0.15, 0.2) is 5.82 Å². The molecule has 132 valence electrons. The van der Waals surface area contributed by atoms with Gasteiger partial charge in [-0.25, -0.2) is 0 Å². The van der Waals surface area contributed by atoms with Crippen molar-refractivity contribution in [2.24, 2.45) is 0 Å². The summed E-state index contributed by atoms with van der Waals surface area (Å²) in [4.78, 5) is 12.1. The third kappa shape index (κ3) is 3.20. The van der Waals surface area contributed by atoms with Gasteiger partial charge in [-0.1, -0.05) is 48.5 Å². The first-order valence-corrected chi connectivity index (χ1v) is 8.82. The van der Waals surface area contributed by atoms with Crippen molar-refractivity contribution in [2.45, 2.75) is 25.7 Å². The minimum atomic E-state index is -0.0505. The molecule has 5 heteroatoms. The van der Waals surface area contributed by atoms with Crippen molar-refractivity contribution in [2.75, 3.05) is 11.9 Å². The van der Waals surface area contributed by atoms with Crippen LogP contribution in [-0.4, -0.2) is 22.7 Å². The van der Waals surface area contributed by atoms with Crippen LogP contribution >= 0.6 is 0 Å². The second kappa shape index (κ2) is 7.04. The highest BCUT2D eigenvalue weighted by molar-refractivity contribution is 5.94. The van der Waals surface area contributed by atoms with Crippen molar-refractivity contribution in [1.29, 1.82) is 0 Å². The maximum Gasteiger partial charge on any atom is 0.226 e. The molecule has 1 atom stereocenters. The Balaban J connectivity index is 1.58. The monoisotopic (exact) mass is 347 g/mol. The fourth-order valence-electron chi connectivity index (χ4n) is 3.52. The highest BCUT2D eigenvalue weighted by Gasteiger charge is 2.32. The van der Waals surface area contributed by atoms with Crippen LogP contribution in [-0.2, 0) is 11.2 Å². The number of aromatic amines is 1. The zero-order chi connectivity index (χ0) is 17.9. The number of benzene rings is 2. The number of para-hydroxylation sites is 1. The molecule has 2 aromatic carbocycles. The second-order valence-corrected chi connectivity index (χ2v) is 6.54. The van der Waals surface area contributed by atoms with Crippen LogP contribution < -0.4 is 10.1 Å². The Morgan fingerprint density at radius 2 is 1.88 bits per heavy atom. The van der Waals surface area contributed by atoms with Gasteiger partial charge in [-0.2, -0.15) is 5.10 Å². The first-order chi connectivity index (χ1) is 12.7. The second-order valence-electron chi connectivity index (χ2n) is 6.54. The number of carbonyl (C=O) groups is 1. The van der Waals surface area contributed by atoms with E-state index in [2.05, 4.69) is 27.6 Å². The molecule has 1 aromatic heterocycles. The van der Waals surface area contributed by atoms with Crippen LogP contribution in [0.25, 0.3) is 0 Å². The molecule has 1 aliphatic rings. The molecule has 2 heterocycles. The van der Waals surface area contributed by atoms with Crippen molar-refractivity contribution >= 4 is 11.7 Å². The Morgan fingerprint density at radius 3 is 2.73 bits per heavy atom. The Hall–Kier alpha value is -3.08. The molecule has 2 N–H and O–H groups in total. The number of ether oxygens (including phenoxy) is 1. The van der Waals surface area contributed by atoms with E-state index < -0.39 is 0 Å². The standard InChI is InChI=1S/C21H21N3O2/c1-14-20-17(13-19(25)22-21(20)24-23-14)16-9-5-6-10-18(16)26-12-11-15-7-3-2-4-8-15/h2-10,17H,11-13H2,1H3,(H2,22,23,24,25). The molecule has 5 nitrogen and oxygen atoms in total. The summed E-state index contributed by atoms with van der Waals surface area (Å²) in [6.07, 6.45) is 1.24. The number of rotatable bonds is 5. The van der Waals surface area contributed by atoms with Crippen molar-refractivity contribution in [3.05, 3.63) is 77.0 Å². The lowest BCUT2D eigenvalue weighted by Crippen LogP contribution is -2.24. The molecule has 0 radical (unpaired) electrons. The topological polar surface area (TPSA) is 67.0 Å². The smallest absolute Gasteiger partial charge is 0.226 e. The Morgan fingerprint density at radius 1 is 1.12 bits per heavy atom. The van der Waals surface area contributed by atoms with Gasteiger partial charge in [0.25, 0.3) is 0 Å². The molecule has 4 rings (SSSR count). The molecule has 0 saturated carbocycles. The number of H-pyrrole nitrogens is 1. The summed E-state index contributed by atoms with van der Waals surface area (Å²) in [6.45, 7) is 2.58. The van der Waals surface area contributed by atoms with Crippen LogP contribution in [0, 0.1) is 6.92 Å². The lowest BCUT2D eigenvalue weighted by atomic mass is 9.85. The summed E-state index contributed by atoms with van der Waals surface area (Å²) in [5.41, 5.74) is 4.30. The summed E-state index contributed by atoms with van der Waals surface area (Å²) in [5, 5.41) is 10.0. The summed E-state index contributed by atoms with van der Waals surface area (Å²) in [6, 6.07) is 18.2. The van der Waals surface area contributed by atoms with E-state index in [9.17, 15) is 4.79 Å². The zero-order valence-corrected chi connectivity index (χ0v) is 14.7. The third-order valence-electron chi connectivity index (χ3n) is 4.78. The minimum Gasteiger partial charge on any atom is -0.493 e. The number of hydrogen-bond acceptors (Lipinski definition) is 3. The molecule has 3 aromatic rings. The lowest BCUT2D eigenvalue weighted by molar-refractivity contribution is -0.116. The minimum absolute atomic E-state index is 0.0203. The van der Waals surface area contributed by atoms with E-state index in [0.29, 0.717) is 18.8 Å². The molecule has 1 aliphatic heterocycles. The molecule has 0 spiro atoms. The van der Waals surface area contributed by atoms with E-state index in [4.69, 9.17) is 4.74 Å². The normalized spacial score (nSPS) is 16.0. The van der Waals surface area contributed by atoms with Gasteiger partial charge in [0.05, 0.1) is 6.61 Å². The molecule has 0 saturated heterocycles. The SMILES string of the molecule is Cc1[nH]nc2c1C(c1ccccc1OCCc1ccccc1)CC(=O)N2. The molecular formula is C21H21N3O2. The van der Waals surface area contributed by atoms with Crippen molar-refractivity contribution in [1.82, 2.24) is 10.2 Å². The molecule has 0 fully saturated rings. The number of carbonyl (C=O) groups excluding carboxylic acids is 1. The largest absolute Gasteiger partial charge is 0.493 e. The fraction of sp³-hybridized carbons (Fsp3) is 0.238. The Bertz CT molecular complexity index is 918. The summed E-state index contributed by atoms with van der Waals surface area (Å²) < 4.78 is 6.10. The number of nitrogens with zero attached hydrogens (tertiary/aromatic N) is 1. The van der Waals surface area contributed by atoms with E-state index in [1.165, 1.54) is 5.56 Å². The summed E-state index contributed by atoms with van der Waals surface area (Å²) in [7, 11) is 0. The summed E-state index contributed by atoms with van der Waals surface area (Å²) in [5.74, 6) is 1.39. The maximum absolute atomic E-state index is 12.1. The fourth-order valence-corrected chi connectivity index (χ4v) is 3.52. The summed E-state index contributed by atoms with van der Waals surface area (Å²) >= 11 is 0. The van der Waals surface area contributed by atoms with Crippen molar-refractivity contribution in [3.63, 3.8) is 0 Å². The van der Waals surface area contributed by atoms with Gasteiger partial charge in [0.2, 0.25) is 5.91 Å². The van der Waals surface area contributed by atoms with Crippen molar-refractivity contribution in [3.8, 4) is 5.75 Å². The zero-order valence-electron chi connectivity index (χ0n) is 14.7. The van der Waals surface area contributed by atoms with Gasteiger partial charge >= 0.3 is 0 Å². The number of amides is 1. The highest BCUT2D eigenvalue weighted by atomic mass is 16.5. The van der Waals surface area contributed by atoms with Crippen LogP contribution in [0.1, 0.15) is 34.7 Å². The molecule has 0 aliphatic carbocycles. The molecular weight excluding hydrogens is 326 g/mol. The lowest BCUT2D eigenvalue weighted by Gasteiger charge is -2.24. The van der Waals surface area contributed by atoms with Crippen LogP contribution in [0.3, 0.4) is 0 Å². The first kappa shape index (κ1) is 16.4. The molecule has 26 heavy (non-hydrogen) atoms. The average molecular weight is 347 g/mol.